The second-order valence-electron chi connectivity index (χ2n) is 3.42. The zero-order chi connectivity index (χ0) is 10.8. The quantitative estimate of drug-likeness (QED) is 0.739. The summed E-state index contributed by atoms with van der Waals surface area (Å²) in [4.78, 5) is 12.9. The molecule has 2 aromatic heterocycles. The minimum absolute atomic E-state index is 0.724. The molecule has 0 spiro atoms. The molecule has 15 heavy (non-hydrogen) atoms. The molecule has 0 atom stereocenters. The largest absolute Gasteiger partial charge is 0.253 e. The molecule has 0 amide bonds. The molecule has 0 N–H and O–H groups in total. The first kappa shape index (κ1) is 10.2. The second kappa shape index (κ2) is 4.06. The first-order valence-electron chi connectivity index (χ1n) is 4.59. The fourth-order valence-electron chi connectivity index (χ4n) is 1.26. The number of pyridine rings is 2. The van der Waals surface area contributed by atoms with Crippen LogP contribution in [0.5, 0.6) is 0 Å². The van der Waals surface area contributed by atoms with Gasteiger partial charge < -0.3 is 0 Å². The van der Waals surface area contributed by atoms with Gasteiger partial charge in [-0.2, -0.15) is 0 Å². The van der Waals surface area contributed by atoms with Crippen molar-refractivity contribution in [3.8, 4) is 0 Å². The summed E-state index contributed by atoms with van der Waals surface area (Å²) in [6.07, 6.45) is 1.76. The van der Waals surface area contributed by atoms with Gasteiger partial charge in [-0.25, -0.2) is 9.98 Å². The molecule has 76 valence electrons. The second-order valence-corrected chi connectivity index (χ2v) is 4.34. The topological polar surface area (TPSA) is 38.1 Å². The summed E-state index contributed by atoms with van der Waals surface area (Å²) in [7, 11) is 0. The van der Waals surface area contributed by atoms with Crippen LogP contribution in [0.15, 0.2) is 33.9 Å². The lowest BCUT2D eigenvalue weighted by atomic mass is 10.3. The monoisotopic (exact) mass is 263 g/mol. The van der Waals surface area contributed by atoms with E-state index >= 15 is 0 Å². The van der Waals surface area contributed by atoms with Gasteiger partial charge in [0.05, 0.1) is 11.0 Å². The molecule has 0 unspecified atom stereocenters. The van der Waals surface area contributed by atoms with Gasteiger partial charge in [0.1, 0.15) is 0 Å². The third kappa shape index (κ3) is 2.39. The molecule has 4 heteroatoms. The lowest BCUT2D eigenvalue weighted by molar-refractivity contribution is 1.28. The highest BCUT2D eigenvalue weighted by Crippen LogP contribution is 2.18. The summed E-state index contributed by atoms with van der Waals surface area (Å²) in [6.45, 7) is 3.90. The molecular formula is C11H10BrN3. The Kier molecular flexibility index (Phi) is 2.77. The minimum Gasteiger partial charge on any atom is -0.253 e. The van der Waals surface area contributed by atoms with Crippen LogP contribution >= 0.6 is 15.9 Å². The molecule has 2 aromatic rings. The van der Waals surface area contributed by atoms with E-state index in [0.29, 0.717) is 0 Å². The molecule has 0 aliphatic heterocycles. The SMILES string of the molecule is CC(C)=Nc1ccc2ncc(Br)cc2n1. The highest BCUT2D eigenvalue weighted by atomic mass is 79.9. The van der Waals surface area contributed by atoms with Crippen LogP contribution in [-0.4, -0.2) is 15.7 Å². The van der Waals surface area contributed by atoms with Crippen LogP contribution in [-0.2, 0) is 0 Å². The molecule has 3 nitrogen and oxygen atoms in total. The van der Waals surface area contributed by atoms with Gasteiger partial charge in [0.2, 0.25) is 0 Å². The molecule has 2 heterocycles. The summed E-state index contributed by atoms with van der Waals surface area (Å²) in [5, 5.41) is 0. The van der Waals surface area contributed by atoms with Gasteiger partial charge in [0.15, 0.2) is 5.82 Å². The average Bonchev–Trinajstić information content (AvgIpc) is 2.16. The van der Waals surface area contributed by atoms with Crippen LogP contribution in [0.3, 0.4) is 0 Å². The predicted octanol–water partition coefficient (Wildman–Crippen LogP) is 3.50. The van der Waals surface area contributed by atoms with Crippen molar-refractivity contribution in [1.82, 2.24) is 9.97 Å². The van der Waals surface area contributed by atoms with Crippen molar-refractivity contribution in [2.75, 3.05) is 0 Å². The molecule has 0 aliphatic rings. The molecule has 0 radical (unpaired) electrons. The van der Waals surface area contributed by atoms with E-state index in [1.54, 1.807) is 6.20 Å². The minimum atomic E-state index is 0.724. The van der Waals surface area contributed by atoms with Crippen molar-refractivity contribution >= 4 is 38.5 Å². The molecule has 0 aromatic carbocycles. The van der Waals surface area contributed by atoms with Crippen LogP contribution in [0.4, 0.5) is 5.82 Å². The lowest BCUT2D eigenvalue weighted by Crippen LogP contribution is -1.85. The Morgan fingerprint density at radius 1 is 1.27 bits per heavy atom. The Morgan fingerprint density at radius 3 is 2.80 bits per heavy atom. The third-order valence-corrected chi connectivity index (χ3v) is 2.26. The van der Waals surface area contributed by atoms with Gasteiger partial charge >= 0.3 is 0 Å². The maximum atomic E-state index is 4.40. The molecule has 0 saturated heterocycles. The van der Waals surface area contributed by atoms with Crippen LogP contribution in [0.1, 0.15) is 13.8 Å². The maximum Gasteiger partial charge on any atom is 0.152 e. The van der Waals surface area contributed by atoms with E-state index in [0.717, 1.165) is 27.0 Å². The fourth-order valence-corrected chi connectivity index (χ4v) is 1.58. The highest BCUT2D eigenvalue weighted by Gasteiger charge is 1.99. The Bertz CT molecular complexity index is 530. The smallest absolute Gasteiger partial charge is 0.152 e. The van der Waals surface area contributed by atoms with E-state index in [2.05, 4.69) is 30.9 Å². The van der Waals surface area contributed by atoms with Gasteiger partial charge in [0, 0.05) is 16.4 Å². The van der Waals surface area contributed by atoms with E-state index in [-0.39, 0.29) is 0 Å². The first-order chi connectivity index (χ1) is 7.15. The fraction of sp³-hybridized carbons (Fsp3) is 0.182. The van der Waals surface area contributed by atoms with E-state index in [1.165, 1.54) is 0 Å². The maximum absolute atomic E-state index is 4.40. The van der Waals surface area contributed by atoms with Gasteiger partial charge in [-0.15, -0.1) is 0 Å². The number of hydrogen-bond donors (Lipinski definition) is 0. The van der Waals surface area contributed by atoms with E-state index in [1.807, 2.05) is 32.0 Å². The normalized spacial score (nSPS) is 10.3. The third-order valence-electron chi connectivity index (χ3n) is 1.83. The van der Waals surface area contributed by atoms with Crippen LogP contribution in [0, 0.1) is 0 Å². The van der Waals surface area contributed by atoms with Crippen LogP contribution < -0.4 is 0 Å². The van der Waals surface area contributed by atoms with Crippen molar-refractivity contribution in [3.63, 3.8) is 0 Å². The predicted molar refractivity (Wildman–Crippen MR) is 65.7 cm³/mol. The number of nitrogens with zero attached hydrogens (tertiary/aromatic N) is 3. The summed E-state index contributed by atoms with van der Waals surface area (Å²) in [5.41, 5.74) is 2.72. The van der Waals surface area contributed by atoms with E-state index in [4.69, 9.17) is 0 Å². The Morgan fingerprint density at radius 2 is 2.07 bits per heavy atom. The number of aromatic nitrogens is 2. The zero-order valence-corrected chi connectivity index (χ0v) is 10.1. The van der Waals surface area contributed by atoms with Crippen LogP contribution in [0.25, 0.3) is 11.0 Å². The van der Waals surface area contributed by atoms with Gasteiger partial charge in [0.25, 0.3) is 0 Å². The van der Waals surface area contributed by atoms with Gasteiger partial charge in [-0.3, -0.25) is 4.98 Å². The van der Waals surface area contributed by atoms with E-state index in [9.17, 15) is 0 Å². The molecule has 0 saturated carbocycles. The standard InChI is InChI=1S/C11H10BrN3/c1-7(2)14-11-4-3-9-10(15-11)5-8(12)6-13-9/h3-6H,1-2H3. The Hall–Kier alpha value is -1.29. The van der Waals surface area contributed by atoms with E-state index < -0.39 is 0 Å². The number of fused-ring (bicyclic) bond motifs is 1. The molecule has 0 bridgehead atoms. The van der Waals surface area contributed by atoms with Crippen molar-refractivity contribution in [2.24, 2.45) is 4.99 Å². The first-order valence-corrected chi connectivity index (χ1v) is 5.38. The Labute approximate surface area is 96.4 Å². The summed E-state index contributed by atoms with van der Waals surface area (Å²) in [5.74, 6) is 0.724. The van der Waals surface area contributed by atoms with Gasteiger partial charge in [-0.05, 0) is 48.0 Å². The highest BCUT2D eigenvalue weighted by molar-refractivity contribution is 9.10. The van der Waals surface area contributed by atoms with Crippen molar-refractivity contribution in [3.05, 3.63) is 28.9 Å². The molecule has 0 aliphatic carbocycles. The molecule has 2 rings (SSSR count). The average molecular weight is 264 g/mol. The summed E-state index contributed by atoms with van der Waals surface area (Å²) < 4.78 is 0.928. The molecule has 0 fully saturated rings. The van der Waals surface area contributed by atoms with Crippen molar-refractivity contribution in [1.29, 1.82) is 0 Å². The number of rotatable bonds is 1. The number of aliphatic imine (C=N–C) groups is 1. The van der Waals surface area contributed by atoms with Crippen molar-refractivity contribution < 1.29 is 0 Å². The number of hydrogen-bond acceptors (Lipinski definition) is 3. The van der Waals surface area contributed by atoms with Gasteiger partial charge in [-0.1, -0.05) is 0 Å². The molecular weight excluding hydrogens is 254 g/mol. The van der Waals surface area contributed by atoms with Crippen molar-refractivity contribution in [2.45, 2.75) is 13.8 Å². The lowest BCUT2D eigenvalue weighted by Gasteiger charge is -1.99. The Balaban J connectivity index is 2.59. The summed E-state index contributed by atoms with van der Waals surface area (Å²) in [6, 6.07) is 5.74. The summed E-state index contributed by atoms with van der Waals surface area (Å²) >= 11 is 3.37. The zero-order valence-electron chi connectivity index (χ0n) is 8.53. The number of halogens is 1. The van der Waals surface area contributed by atoms with Crippen LogP contribution in [0.2, 0.25) is 0 Å².